The molecule has 0 unspecified atom stereocenters. The quantitative estimate of drug-likeness (QED) is 0.681. The number of nitrogens with zero attached hydrogens (tertiary/aromatic N) is 1. The summed E-state index contributed by atoms with van der Waals surface area (Å²) < 4.78 is 11.5. The number of hydrogen-bond acceptors (Lipinski definition) is 6. The fourth-order valence-electron chi connectivity index (χ4n) is 2.90. The van der Waals surface area contributed by atoms with Crippen LogP contribution in [0.2, 0.25) is 0 Å². The third kappa shape index (κ3) is 3.32. The van der Waals surface area contributed by atoms with E-state index in [-0.39, 0.29) is 12.0 Å². The molecule has 4 rings (SSSR count). The van der Waals surface area contributed by atoms with Gasteiger partial charge in [0.15, 0.2) is 0 Å². The Hall–Kier alpha value is -2.38. The number of aromatic nitrogens is 1. The van der Waals surface area contributed by atoms with E-state index >= 15 is 0 Å². The third-order valence-corrected chi connectivity index (χ3v) is 5.63. The van der Waals surface area contributed by atoms with E-state index in [2.05, 4.69) is 10.3 Å². The zero-order valence-electron chi connectivity index (χ0n) is 14.4. The first-order valence-corrected chi connectivity index (χ1v) is 10.2. The Morgan fingerprint density at radius 1 is 1.42 bits per heavy atom. The predicted octanol–water partition coefficient (Wildman–Crippen LogP) is 4.85. The lowest BCUT2D eigenvalue weighted by molar-refractivity contribution is 0.102. The molecule has 1 aliphatic rings. The zero-order chi connectivity index (χ0) is 18.1. The van der Waals surface area contributed by atoms with E-state index < -0.39 is 0 Å². The summed E-state index contributed by atoms with van der Waals surface area (Å²) in [7, 11) is 0. The molecule has 1 N–H and O–H groups in total. The maximum atomic E-state index is 12.7. The van der Waals surface area contributed by atoms with E-state index in [0.717, 1.165) is 28.3 Å². The Labute approximate surface area is 159 Å². The molecule has 1 aromatic carbocycles. The van der Waals surface area contributed by atoms with Gasteiger partial charge in [-0.1, -0.05) is 0 Å². The Balaban J connectivity index is 1.58. The maximum absolute atomic E-state index is 12.7. The number of rotatable bonds is 5. The molecule has 2 aromatic heterocycles. The van der Waals surface area contributed by atoms with Crippen LogP contribution in [0.15, 0.2) is 34.3 Å². The van der Waals surface area contributed by atoms with Crippen LogP contribution in [0.1, 0.15) is 29.9 Å². The first kappa shape index (κ1) is 17.1. The van der Waals surface area contributed by atoms with Crippen molar-refractivity contribution in [3.05, 3.63) is 45.6 Å². The summed E-state index contributed by atoms with van der Waals surface area (Å²) >= 11 is 3.07. The highest BCUT2D eigenvalue weighted by Crippen LogP contribution is 2.38. The minimum Gasteiger partial charge on any atom is -0.492 e. The fraction of sp³-hybridized carbons (Fsp3) is 0.263. The Kier molecular flexibility index (Phi) is 4.65. The number of thiophene rings is 1. The maximum Gasteiger partial charge on any atom is 0.275 e. The Bertz CT molecular complexity index is 934. The highest BCUT2D eigenvalue weighted by atomic mass is 32.1. The highest BCUT2D eigenvalue weighted by Gasteiger charge is 2.23. The van der Waals surface area contributed by atoms with E-state index in [0.29, 0.717) is 23.7 Å². The lowest BCUT2D eigenvalue weighted by Gasteiger charge is -2.13. The molecule has 0 saturated heterocycles. The minimum atomic E-state index is -0.255. The summed E-state index contributed by atoms with van der Waals surface area (Å²) in [4.78, 5) is 17.1. The first-order chi connectivity index (χ1) is 12.6. The van der Waals surface area contributed by atoms with Crippen LogP contribution in [0.4, 0.5) is 5.69 Å². The molecule has 134 valence electrons. The van der Waals surface area contributed by atoms with Gasteiger partial charge in [-0.05, 0) is 31.4 Å². The molecule has 3 aromatic rings. The summed E-state index contributed by atoms with van der Waals surface area (Å²) in [6, 6.07) is 5.79. The first-order valence-electron chi connectivity index (χ1n) is 8.40. The van der Waals surface area contributed by atoms with Crippen LogP contribution >= 0.6 is 22.7 Å². The van der Waals surface area contributed by atoms with Crippen molar-refractivity contribution in [2.75, 3.05) is 11.9 Å². The van der Waals surface area contributed by atoms with E-state index in [1.807, 2.05) is 42.8 Å². The number of fused-ring (bicyclic) bond motifs is 1. The minimum absolute atomic E-state index is 0.136. The van der Waals surface area contributed by atoms with Crippen LogP contribution in [-0.2, 0) is 6.42 Å². The van der Waals surface area contributed by atoms with Crippen molar-refractivity contribution in [1.82, 2.24) is 4.98 Å². The van der Waals surface area contributed by atoms with Gasteiger partial charge in [-0.15, -0.1) is 11.3 Å². The molecule has 0 radical (unpaired) electrons. The van der Waals surface area contributed by atoms with E-state index in [1.165, 1.54) is 11.3 Å². The van der Waals surface area contributed by atoms with Gasteiger partial charge in [0, 0.05) is 34.4 Å². The van der Waals surface area contributed by atoms with Gasteiger partial charge in [0.25, 0.3) is 5.91 Å². The summed E-state index contributed by atoms with van der Waals surface area (Å²) in [6.07, 6.45) is 0.983. The van der Waals surface area contributed by atoms with Crippen LogP contribution < -0.4 is 14.8 Å². The number of amides is 1. The molecule has 26 heavy (non-hydrogen) atoms. The molecule has 0 aliphatic carbocycles. The number of anilines is 1. The number of ether oxygens (including phenoxy) is 2. The highest BCUT2D eigenvalue weighted by molar-refractivity contribution is 7.14. The summed E-state index contributed by atoms with van der Waals surface area (Å²) in [5.41, 5.74) is 3.14. The molecule has 5 nitrogen and oxygen atoms in total. The molecule has 1 amide bonds. The summed E-state index contributed by atoms with van der Waals surface area (Å²) in [5.74, 6) is 1.20. The molecule has 1 aliphatic heterocycles. The van der Waals surface area contributed by atoms with Crippen LogP contribution in [0, 0.1) is 0 Å². The second-order valence-electron chi connectivity index (χ2n) is 6.03. The van der Waals surface area contributed by atoms with Crippen molar-refractivity contribution in [3.8, 4) is 22.1 Å². The van der Waals surface area contributed by atoms with Crippen molar-refractivity contribution in [2.45, 2.75) is 26.4 Å². The summed E-state index contributed by atoms with van der Waals surface area (Å²) in [5, 5.41) is 9.55. The SMILES string of the molecule is CCOc1cc2c(cc1NC(=O)c1csc(-c3ccsc3)n1)O[C@@H](C)C2. The van der Waals surface area contributed by atoms with E-state index in [4.69, 9.17) is 9.47 Å². The molecule has 0 saturated carbocycles. The van der Waals surface area contributed by atoms with E-state index in [9.17, 15) is 4.79 Å². The zero-order valence-corrected chi connectivity index (χ0v) is 16.1. The molecule has 0 bridgehead atoms. The topological polar surface area (TPSA) is 60.5 Å². The lowest BCUT2D eigenvalue weighted by atomic mass is 10.1. The van der Waals surface area contributed by atoms with Gasteiger partial charge in [0.1, 0.15) is 28.3 Å². The fourth-order valence-corrected chi connectivity index (χ4v) is 4.41. The van der Waals surface area contributed by atoms with Crippen LogP contribution in [-0.4, -0.2) is 23.6 Å². The Morgan fingerprint density at radius 3 is 3.08 bits per heavy atom. The number of thiazole rings is 1. The van der Waals surface area contributed by atoms with Gasteiger partial charge in [0.05, 0.1) is 12.3 Å². The standard InChI is InChI=1S/C19H18N2O3S2/c1-3-23-17-7-13-6-11(2)24-16(13)8-14(17)20-18(22)15-10-26-19(21-15)12-4-5-25-9-12/h4-5,7-11H,3,6H2,1-2H3,(H,20,22)/t11-/m0/s1. The molecule has 3 heterocycles. The van der Waals surface area contributed by atoms with Crippen LogP contribution in [0.25, 0.3) is 10.6 Å². The van der Waals surface area contributed by atoms with Crippen molar-refractivity contribution in [3.63, 3.8) is 0 Å². The van der Waals surface area contributed by atoms with Gasteiger partial charge >= 0.3 is 0 Å². The molecule has 0 spiro atoms. The van der Waals surface area contributed by atoms with E-state index in [1.54, 1.807) is 16.7 Å². The number of carbonyl (C=O) groups excluding carboxylic acids is 1. The smallest absolute Gasteiger partial charge is 0.275 e. The number of benzene rings is 1. The molecule has 0 fully saturated rings. The average Bonchev–Trinajstić information content (AvgIpc) is 3.34. The number of nitrogens with one attached hydrogen (secondary N) is 1. The molecule has 1 atom stereocenters. The largest absolute Gasteiger partial charge is 0.492 e. The van der Waals surface area contributed by atoms with Crippen LogP contribution in [0.3, 0.4) is 0 Å². The second-order valence-corrected chi connectivity index (χ2v) is 7.66. The number of hydrogen-bond donors (Lipinski definition) is 1. The van der Waals surface area contributed by atoms with Gasteiger partial charge in [0.2, 0.25) is 0 Å². The third-order valence-electron chi connectivity index (χ3n) is 4.05. The predicted molar refractivity (Wildman–Crippen MR) is 105 cm³/mol. The molecule has 7 heteroatoms. The van der Waals surface area contributed by atoms with Gasteiger partial charge in [-0.25, -0.2) is 4.98 Å². The van der Waals surface area contributed by atoms with Crippen molar-refractivity contribution in [1.29, 1.82) is 0 Å². The van der Waals surface area contributed by atoms with Crippen molar-refractivity contribution < 1.29 is 14.3 Å². The molecular formula is C19H18N2O3S2. The second kappa shape index (κ2) is 7.09. The van der Waals surface area contributed by atoms with Gasteiger partial charge in [-0.3, -0.25) is 4.79 Å². The van der Waals surface area contributed by atoms with Gasteiger partial charge < -0.3 is 14.8 Å². The lowest BCUT2D eigenvalue weighted by Crippen LogP contribution is -2.13. The number of carbonyl (C=O) groups is 1. The van der Waals surface area contributed by atoms with Crippen molar-refractivity contribution in [2.24, 2.45) is 0 Å². The van der Waals surface area contributed by atoms with Crippen LogP contribution in [0.5, 0.6) is 11.5 Å². The molecular weight excluding hydrogens is 368 g/mol. The average molecular weight is 386 g/mol. The van der Waals surface area contributed by atoms with Gasteiger partial charge in [-0.2, -0.15) is 11.3 Å². The van der Waals surface area contributed by atoms with Crippen molar-refractivity contribution >= 4 is 34.3 Å². The summed E-state index contributed by atoms with van der Waals surface area (Å²) in [6.45, 7) is 4.47. The Morgan fingerprint density at radius 2 is 2.31 bits per heavy atom. The normalized spacial score (nSPS) is 15.4. The monoisotopic (exact) mass is 386 g/mol.